The number of aryl methyl sites for hydroxylation is 4. The predicted molar refractivity (Wildman–Crippen MR) is 107 cm³/mol. The Hall–Kier alpha value is -0.950. The minimum atomic E-state index is -0.159. The molecule has 3 aromatic rings. The third-order valence-electron chi connectivity index (χ3n) is 4.84. The SMILES string of the molecule is Cc1sc(C)c2c1CP(c1ccccc1)Cc1c(C)sc(C)c1-2. The first-order chi connectivity index (χ1) is 11.1. The van der Waals surface area contributed by atoms with E-state index in [0.29, 0.717) is 0 Å². The largest absolute Gasteiger partial charge is 0.145 e. The standard InChI is InChI=1S/C20H21PS2/c1-12-17-10-21(16-8-6-5-7-9-16)11-18-13(2)23-15(4)20(18)19(17)14(3)22-12/h5-9H,10-11H2,1-4H3. The van der Waals surface area contributed by atoms with Crippen molar-refractivity contribution in [2.45, 2.75) is 40.0 Å². The summed E-state index contributed by atoms with van der Waals surface area (Å²) in [5.41, 5.74) is 6.40. The number of rotatable bonds is 1. The van der Waals surface area contributed by atoms with E-state index in [1.54, 1.807) is 27.6 Å². The molecular weight excluding hydrogens is 335 g/mol. The summed E-state index contributed by atoms with van der Waals surface area (Å²) in [6.45, 7) is 9.24. The second-order valence-corrected chi connectivity index (χ2v) is 11.4. The van der Waals surface area contributed by atoms with Crippen molar-refractivity contribution in [1.82, 2.24) is 0 Å². The van der Waals surface area contributed by atoms with Gasteiger partial charge in [-0.25, -0.2) is 0 Å². The van der Waals surface area contributed by atoms with Gasteiger partial charge in [0, 0.05) is 30.6 Å². The fourth-order valence-electron chi connectivity index (χ4n) is 3.76. The lowest BCUT2D eigenvalue weighted by atomic mass is 9.98. The first-order valence-corrected chi connectivity index (χ1v) is 11.4. The third-order valence-corrected chi connectivity index (χ3v) is 9.39. The highest BCUT2D eigenvalue weighted by atomic mass is 32.1. The molecule has 23 heavy (non-hydrogen) atoms. The summed E-state index contributed by atoms with van der Waals surface area (Å²) in [5.74, 6) is 0. The summed E-state index contributed by atoms with van der Waals surface area (Å²) >= 11 is 3.98. The van der Waals surface area contributed by atoms with Crippen molar-refractivity contribution >= 4 is 35.9 Å². The van der Waals surface area contributed by atoms with E-state index in [2.05, 4.69) is 58.0 Å². The van der Waals surface area contributed by atoms with Gasteiger partial charge in [0.05, 0.1) is 0 Å². The van der Waals surface area contributed by atoms with Gasteiger partial charge in [0.1, 0.15) is 0 Å². The Morgan fingerprint density at radius 2 is 1.17 bits per heavy atom. The average Bonchev–Trinajstić information content (AvgIpc) is 2.88. The highest BCUT2D eigenvalue weighted by Crippen LogP contribution is 2.55. The monoisotopic (exact) mass is 356 g/mol. The quantitative estimate of drug-likeness (QED) is 0.435. The molecule has 0 spiro atoms. The molecule has 0 unspecified atom stereocenters. The fraction of sp³-hybridized carbons (Fsp3) is 0.300. The summed E-state index contributed by atoms with van der Waals surface area (Å²) in [6.07, 6.45) is 2.48. The molecule has 1 aliphatic rings. The van der Waals surface area contributed by atoms with Crippen molar-refractivity contribution in [1.29, 1.82) is 0 Å². The summed E-state index contributed by atoms with van der Waals surface area (Å²) in [4.78, 5) is 6.06. The normalized spacial score (nSPS) is 14.4. The zero-order valence-corrected chi connectivity index (χ0v) is 16.6. The Bertz CT molecular complexity index is 817. The summed E-state index contributed by atoms with van der Waals surface area (Å²) in [7, 11) is -0.159. The molecule has 0 saturated heterocycles. The van der Waals surface area contributed by atoms with Crippen LogP contribution in [0.15, 0.2) is 30.3 Å². The first-order valence-electron chi connectivity index (χ1n) is 8.04. The van der Waals surface area contributed by atoms with Crippen LogP contribution in [-0.2, 0) is 12.3 Å². The van der Waals surface area contributed by atoms with Crippen LogP contribution in [0.1, 0.15) is 30.6 Å². The van der Waals surface area contributed by atoms with Gasteiger partial charge in [-0.3, -0.25) is 0 Å². The molecule has 0 nitrogen and oxygen atoms in total. The maximum absolute atomic E-state index is 2.33. The number of thiophene rings is 2. The van der Waals surface area contributed by atoms with Crippen molar-refractivity contribution in [2.75, 3.05) is 0 Å². The van der Waals surface area contributed by atoms with Crippen LogP contribution < -0.4 is 5.30 Å². The molecule has 0 aliphatic carbocycles. The van der Waals surface area contributed by atoms with Gasteiger partial charge in [-0.05, 0) is 56.5 Å². The lowest BCUT2D eigenvalue weighted by Crippen LogP contribution is -2.03. The van der Waals surface area contributed by atoms with Crippen molar-refractivity contribution < 1.29 is 0 Å². The lowest BCUT2D eigenvalue weighted by molar-refractivity contribution is 1.36. The molecule has 0 saturated carbocycles. The van der Waals surface area contributed by atoms with E-state index in [-0.39, 0.29) is 7.92 Å². The molecule has 0 fully saturated rings. The maximum atomic E-state index is 2.33. The highest BCUT2D eigenvalue weighted by Gasteiger charge is 2.29. The Morgan fingerprint density at radius 1 is 0.696 bits per heavy atom. The Kier molecular flexibility index (Phi) is 3.96. The number of hydrogen-bond donors (Lipinski definition) is 0. The summed E-state index contributed by atoms with van der Waals surface area (Å²) in [5, 5.41) is 1.55. The highest BCUT2D eigenvalue weighted by molar-refractivity contribution is 7.64. The van der Waals surface area contributed by atoms with Crippen LogP contribution in [0.3, 0.4) is 0 Å². The second kappa shape index (κ2) is 5.84. The van der Waals surface area contributed by atoms with Gasteiger partial charge in [-0.2, -0.15) is 0 Å². The lowest BCUT2D eigenvalue weighted by Gasteiger charge is -2.17. The van der Waals surface area contributed by atoms with Crippen LogP contribution in [-0.4, -0.2) is 0 Å². The van der Waals surface area contributed by atoms with Crippen molar-refractivity contribution in [3.05, 3.63) is 61.0 Å². The van der Waals surface area contributed by atoms with Crippen LogP contribution in [0.5, 0.6) is 0 Å². The topological polar surface area (TPSA) is 0 Å². The molecule has 0 radical (unpaired) electrons. The molecule has 3 heterocycles. The zero-order chi connectivity index (χ0) is 16.1. The van der Waals surface area contributed by atoms with E-state index in [9.17, 15) is 0 Å². The van der Waals surface area contributed by atoms with Gasteiger partial charge in [0.15, 0.2) is 0 Å². The second-order valence-electron chi connectivity index (χ2n) is 6.33. The van der Waals surface area contributed by atoms with E-state index < -0.39 is 0 Å². The van der Waals surface area contributed by atoms with Crippen molar-refractivity contribution in [3.8, 4) is 11.1 Å². The molecule has 4 rings (SSSR count). The minimum absolute atomic E-state index is 0.159. The van der Waals surface area contributed by atoms with Crippen molar-refractivity contribution in [3.63, 3.8) is 0 Å². The van der Waals surface area contributed by atoms with Gasteiger partial charge >= 0.3 is 0 Å². The summed E-state index contributed by atoms with van der Waals surface area (Å²) < 4.78 is 0. The number of benzene rings is 1. The molecule has 1 aromatic carbocycles. The molecule has 3 heteroatoms. The van der Waals surface area contributed by atoms with Gasteiger partial charge in [0.25, 0.3) is 0 Å². The van der Waals surface area contributed by atoms with E-state index >= 15 is 0 Å². The Morgan fingerprint density at radius 3 is 1.65 bits per heavy atom. The van der Waals surface area contributed by atoms with Crippen LogP contribution in [0.2, 0.25) is 0 Å². The van der Waals surface area contributed by atoms with Gasteiger partial charge < -0.3 is 0 Å². The Balaban J connectivity index is 1.96. The van der Waals surface area contributed by atoms with Gasteiger partial charge in [0.2, 0.25) is 0 Å². The van der Waals surface area contributed by atoms with Gasteiger partial charge in [-0.15, -0.1) is 22.7 Å². The van der Waals surface area contributed by atoms with Crippen molar-refractivity contribution in [2.24, 2.45) is 0 Å². The van der Waals surface area contributed by atoms with Crippen LogP contribution >= 0.6 is 30.6 Å². The molecule has 0 amide bonds. The molecule has 0 bridgehead atoms. The molecular formula is C20H21PS2. The minimum Gasteiger partial charge on any atom is -0.145 e. The van der Waals surface area contributed by atoms with Gasteiger partial charge in [-0.1, -0.05) is 38.3 Å². The van der Waals surface area contributed by atoms with E-state index in [0.717, 1.165) is 0 Å². The molecule has 0 N–H and O–H groups in total. The summed E-state index contributed by atoms with van der Waals surface area (Å²) in [6, 6.07) is 11.2. The van der Waals surface area contributed by atoms with E-state index in [4.69, 9.17) is 0 Å². The van der Waals surface area contributed by atoms with E-state index in [1.807, 2.05) is 22.7 Å². The Labute approximate surface area is 148 Å². The molecule has 1 aliphatic heterocycles. The van der Waals surface area contributed by atoms with Crippen LogP contribution in [0.25, 0.3) is 11.1 Å². The third kappa shape index (κ3) is 2.52. The average molecular weight is 356 g/mol. The maximum Gasteiger partial charge on any atom is 0.00989 e. The first kappa shape index (κ1) is 15.6. The van der Waals surface area contributed by atoms with Crippen LogP contribution in [0.4, 0.5) is 0 Å². The molecule has 2 aromatic heterocycles. The molecule has 118 valence electrons. The number of hydrogen-bond acceptors (Lipinski definition) is 2. The molecule has 0 atom stereocenters. The van der Waals surface area contributed by atoms with E-state index in [1.165, 1.54) is 31.8 Å². The van der Waals surface area contributed by atoms with Crippen LogP contribution in [0, 0.1) is 27.7 Å². The number of fused-ring (bicyclic) bond motifs is 3. The zero-order valence-electron chi connectivity index (χ0n) is 14.1. The smallest absolute Gasteiger partial charge is 0.00989 e. The fourth-order valence-corrected chi connectivity index (χ4v) is 8.76. The predicted octanol–water partition coefficient (Wildman–Crippen LogP) is 6.53.